The normalized spacial score (nSPS) is 17.0. The minimum absolute atomic E-state index is 0.856. The Morgan fingerprint density at radius 1 is 1.15 bits per heavy atom. The summed E-state index contributed by atoms with van der Waals surface area (Å²) in [5.41, 5.74) is 6.09. The van der Waals surface area contributed by atoms with Crippen molar-refractivity contribution >= 4 is 28.9 Å². The van der Waals surface area contributed by atoms with Crippen LogP contribution in [0.25, 0.3) is 28.4 Å². The minimum Gasteiger partial charge on any atom is -0.479 e. The number of nitrogens with zero attached hydrogens (tertiary/aromatic N) is 5. The number of allylic oxidation sites excluding steroid dienone is 3. The Bertz CT molecular complexity index is 1450. The molecule has 2 aromatic heterocycles. The van der Waals surface area contributed by atoms with Gasteiger partial charge in [0, 0.05) is 18.3 Å². The van der Waals surface area contributed by atoms with E-state index in [0.717, 1.165) is 35.7 Å². The highest BCUT2D eigenvalue weighted by atomic mass is 15.3. The molecule has 5 heteroatoms. The summed E-state index contributed by atoms with van der Waals surface area (Å²) < 4.78 is 2.41. The van der Waals surface area contributed by atoms with E-state index in [2.05, 4.69) is 83.5 Å². The Kier molecular flexibility index (Phi) is 5.33. The molecule has 5 nitrogen and oxygen atoms in total. The molecule has 1 aliphatic carbocycles. The standard InChI is InChI=1S/C28H29N5/c1-6-20(18(3)4)22-15-26-23(21-10-8-9-11-25(21)32(26)7-2)14-24(22)28-30-12-13-33(28)27-19(5)16-29-17-31-27/h8-17H,6-7H2,1-5H3/q-2. The second-order valence-corrected chi connectivity index (χ2v) is 8.66. The van der Waals surface area contributed by atoms with Gasteiger partial charge in [0.05, 0.1) is 5.82 Å². The first-order valence-corrected chi connectivity index (χ1v) is 11.6. The fourth-order valence-electron chi connectivity index (χ4n) is 5.00. The number of benzene rings is 1. The van der Waals surface area contributed by atoms with Crippen LogP contribution in [0.1, 0.15) is 39.7 Å². The van der Waals surface area contributed by atoms with E-state index in [-0.39, 0.29) is 0 Å². The molecule has 0 N–H and O–H groups in total. The number of hydrogen-bond donors (Lipinski definition) is 0. The van der Waals surface area contributed by atoms with Crippen LogP contribution in [-0.2, 0) is 6.54 Å². The molecule has 2 aliphatic rings. The van der Waals surface area contributed by atoms with Gasteiger partial charge in [-0.15, -0.1) is 28.6 Å². The molecule has 0 radical (unpaired) electrons. The highest BCUT2D eigenvalue weighted by molar-refractivity contribution is 5.89. The number of anilines is 1. The second kappa shape index (κ2) is 8.32. The smallest absolute Gasteiger partial charge is 0.115 e. The first-order valence-electron chi connectivity index (χ1n) is 11.6. The lowest BCUT2D eigenvalue weighted by Crippen LogP contribution is -2.34. The highest BCUT2D eigenvalue weighted by Gasteiger charge is 2.18. The van der Waals surface area contributed by atoms with Crippen molar-refractivity contribution < 1.29 is 0 Å². The van der Waals surface area contributed by atoms with Crippen molar-refractivity contribution in [3.63, 3.8) is 0 Å². The van der Waals surface area contributed by atoms with E-state index < -0.39 is 0 Å². The molecule has 0 fully saturated rings. The number of aromatic nitrogens is 3. The van der Waals surface area contributed by atoms with Crippen molar-refractivity contribution in [1.82, 2.24) is 14.5 Å². The fourth-order valence-corrected chi connectivity index (χ4v) is 5.00. The van der Waals surface area contributed by atoms with Crippen molar-refractivity contribution in [2.24, 2.45) is 0 Å². The van der Waals surface area contributed by atoms with Crippen LogP contribution in [0.2, 0.25) is 0 Å². The van der Waals surface area contributed by atoms with E-state index >= 15 is 0 Å². The molecule has 0 spiro atoms. The third kappa shape index (κ3) is 3.35. The van der Waals surface area contributed by atoms with Crippen molar-refractivity contribution in [3.8, 4) is 0 Å². The zero-order valence-electron chi connectivity index (χ0n) is 19.9. The molecule has 0 saturated heterocycles. The molecular weight excluding hydrogens is 406 g/mol. The van der Waals surface area contributed by atoms with Gasteiger partial charge < -0.3 is 14.8 Å². The van der Waals surface area contributed by atoms with Gasteiger partial charge in [-0.3, -0.25) is 0 Å². The van der Waals surface area contributed by atoms with Crippen LogP contribution in [0.4, 0.5) is 5.82 Å². The first kappa shape index (κ1) is 21.1. The number of fused-ring (bicyclic) bond motifs is 3. The molecule has 33 heavy (non-hydrogen) atoms. The van der Waals surface area contributed by atoms with E-state index in [1.165, 1.54) is 38.5 Å². The topological polar surface area (TPSA) is 48.1 Å². The highest BCUT2D eigenvalue weighted by Crippen LogP contribution is 2.40. The van der Waals surface area contributed by atoms with E-state index in [1.807, 2.05) is 25.5 Å². The van der Waals surface area contributed by atoms with Crippen molar-refractivity contribution in [3.05, 3.63) is 99.1 Å². The number of para-hydroxylation sites is 1. The van der Waals surface area contributed by atoms with Gasteiger partial charge in [-0.2, -0.15) is 0 Å². The van der Waals surface area contributed by atoms with Crippen LogP contribution in [0.5, 0.6) is 0 Å². The molecule has 0 amide bonds. The minimum atomic E-state index is 0.856. The average molecular weight is 436 g/mol. The van der Waals surface area contributed by atoms with Gasteiger partial charge in [0.1, 0.15) is 6.33 Å². The maximum absolute atomic E-state index is 4.83. The summed E-state index contributed by atoms with van der Waals surface area (Å²) in [4.78, 5) is 10.8. The summed E-state index contributed by atoms with van der Waals surface area (Å²) >= 11 is 0. The van der Waals surface area contributed by atoms with Crippen LogP contribution in [-0.4, -0.2) is 14.5 Å². The number of rotatable bonds is 4. The molecule has 5 rings (SSSR count). The molecule has 0 unspecified atom stereocenters. The monoisotopic (exact) mass is 435 g/mol. The Morgan fingerprint density at radius 3 is 2.70 bits per heavy atom. The van der Waals surface area contributed by atoms with E-state index in [1.54, 1.807) is 6.33 Å². The van der Waals surface area contributed by atoms with Crippen LogP contribution < -0.4 is 15.5 Å². The summed E-state index contributed by atoms with van der Waals surface area (Å²) in [7, 11) is 0. The van der Waals surface area contributed by atoms with Gasteiger partial charge in [-0.25, -0.2) is 9.97 Å². The number of aryl methyl sites for hydroxylation is 2. The molecular formula is C28H29N5-2. The molecule has 0 atom stereocenters. The van der Waals surface area contributed by atoms with E-state index in [0.29, 0.717) is 0 Å². The summed E-state index contributed by atoms with van der Waals surface area (Å²) in [6, 6.07) is 8.67. The lowest BCUT2D eigenvalue weighted by atomic mass is 9.83. The molecule has 0 saturated carbocycles. The zero-order valence-corrected chi connectivity index (χ0v) is 19.9. The van der Waals surface area contributed by atoms with Gasteiger partial charge in [-0.05, 0) is 42.6 Å². The lowest BCUT2D eigenvalue weighted by molar-refractivity contribution is 0.768. The zero-order chi connectivity index (χ0) is 23.1. The van der Waals surface area contributed by atoms with Gasteiger partial charge in [0.25, 0.3) is 0 Å². The maximum Gasteiger partial charge on any atom is 0.115 e. The van der Waals surface area contributed by atoms with E-state index in [4.69, 9.17) is 5.32 Å². The molecule has 3 aromatic rings. The molecule has 168 valence electrons. The molecule has 1 aromatic carbocycles. The van der Waals surface area contributed by atoms with Gasteiger partial charge in [0.15, 0.2) is 0 Å². The first-order chi connectivity index (χ1) is 16.0. The largest absolute Gasteiger partial charge is 0.479 e. The van der Waals surface area contributed by atoms with Crippen LogP contribution in [0.15, 0.2) is 71.7 Å². The second-order valence-electron chi connectivity index (χ2n) is 8.66. The van der Waals surface area contributed by atoms with Crippen LogP contribution in [0.3, 0.4) is 0 Å². The number of hydrogen-bond acceptors (Lipinski definition) is 3. The van der Waals surface area contributed by atoms with Crippen LogP contribution >= 0.6 is 0 Å². The molecule has 1 aliphatic heterocycles. The molecule has 0 bridgehead atoms. The van der Waals surface area contributed by atoms with Gasteiger partial charge in [0.2, 0.25) is 0 Å². The van der Waals surface area contributed by atoms with Gasteiger partial charge in [-0.1, -0.05) is 68.6 Å². The summed E-state index contributed by atoms with van der Waals surface area (Å²) in [5, 5.41) is 8.62. The predicted molar refractivity (Wildman–Crippen MR) is 136 cm³/mol. The SMILES string of the molecule is CCC(=C(C)C)[C-]1C=c2c(c3ccccc3n2CC)=CC1=C1[N-]C=CN1c1ncncc1C. The Hall–Kier alpha value is -3.73. The lowest BCUT2D eigenvalue weighted by Gasteiger charge is -2.39. The van der Waals surface area contributed by atoms with Crippen molar-refractivity contribution in [2.75, 3.05) is 4.90 Å². The summed E-state index contributed by atoms with van der Waals surface area (Å²) in [6.45, 7) is 11.8. The summed E-state index contributed by atoms with van der Waals surface area (Å²) in [6.07, 6.45) is 12.9. The fraction of sp³-hybridized carbons (Fsp3) is 0.250. The quantitative estimate of drug-likeness (QED) is 0.527. The average Bonchev–Trinajstić information content (AvgIpc) is 3.41. The molecule has 3 heterocycles. The van der Waals surface area contributed by atoms with Gasteiger partial charge >= 0.3 is 0 Å². The predicted octanol–water partition coefficient (Wildman–Crippen LogP) is 5.23. The van der Waals surface area contributed by atoms with Crippen molar-refractivity contribution in [1.29, 1.82) is 0 Å². The van der Waals surface area contributed by atoms with Crippen molar-refractivity contribution in [2.45, 2.75) is 47.6 Å². The third-order valence-electron chi connectivity index (χ3n) is 6.49. The maximum atomic E-state index is 4.83. The van der Waals surface area contributed by atoms with Crippen LogP contribution in [0, 0.1) is 12.8 Å². The Morgan fingerprint density at radius 2 is 1.97 bits per heavy atom. The summed E-state index contributed by atoms with van der Waals surface area (Å²) in [5.74, 6) is 2.99. The van der Waals surface area contributed by atoms with E-state index in [9.17, 15) is 0 Å². The Labute approximate surface area is 195 Å². The third-order valence-corrected chi connectivity index (χ3v) is 6.49. The Balaban J connectivity index is 1.85.